The molecule has 1 unspecified atom stereocenters. The lowest BCUT2D eigenvalue weighted by Crippen LogP contribution is -2.40. The molecule has 1 saturated heterocycles. The van der Waals surface area contributed by atoms with E-state index in [9.17, 15) is 9.59 Å². The van der Waals surface area contributed by atoms with Crippen LogP contribution < -0.4 is 5.32 Å². The third-order valence-corrected chi connectivity index (χ3v) is 4.05. The van der Waals surface area contributed by atoms with E-state index in [2.05, 4.69) is 15.4 Å². The molecule has 0 bridgehead atoms. The summed E-state index contributed by atoms with van der Waals surface area (Å²) in [5, 5.41) is 6.78. The van der Waals surface area contributed by atoms with Crippen molar-refractivity contribution >= 4 is 11.8 Å². The highest BCUT2D eigenvalue weighted by Gasteiger charge is 2.26. The Labute approximate surface area is 134 Å². The summed E-state index contributed by atoms with van der Waals surface area (Å²) in [5.74, 6) is -0.321. The molecular formula is C16H19N5O2. The van der Waals surface area contributed by atoms with Crippen LogP contribution in [0.5, 0.6) is 0 Å². The summed E-state index contributed by atoms with van der Waals surface area (Å²) >= 11 is 0. The smallest absolute Gasteiger partial charge is 0.269 e. The van der Waals surface area contributed by atoms with Gasteiger partial charge in [0.1, 0.15) is 5.69 Å². The zero-order chi connectivity index (χ0) is 16.2. The zero-order valence-electron chi connectivity index (χ0n) is 13.0. The van der Waals surface area contributed by atoms with Crippen molar-refractivity contribution in [1.82, 2.24) is 25.0 Å². The fourth-order valence-electron chi connectivity index (χ4n) is 2.82. The summed E-state index contributed by atoms with van der Waals surface area (Å²) in [6.07, 6.45) is 7.10. The Morgan fingerprint density at radius 2 is 2.22 bits per heavy atom. The van der Waals surface area contributed by atoms with E-state index in [1.165, 1.54) is 6.20 Å². The van der Waals surface area contributed by atoms with Crippen LogP contribution in [0.25, 0.3) is 0 Å². The van der Waals surface area contributed by atoms with E-state index in [1.54, 1.807) is 25.4 Å². The molecule has 3 heterocycles. The molecule has 1 fully saturated rings. The van der Waals surface area contributed by atoms with Crippen molar-refractivity contribution in [3.63, 3.8) is 0 Å². The summed E-state index contributed by atoms with van der Waals surface area (Å²) in [6.45, 7) is 1.37. The average Bonchev–Trinajstić information content (AvgIpc) is 3.15. The number of pyridine rings is 1. The molecule has 3 rings (SSSR count). The van der Waals surface area contributed by atoms with Crippen molar-refractivity contribution in [3.8, 4) is 0 Å². The molecular weight excluding hydrogens is 294 g/mol. The van der Waals surface area contributed by atoms with Gasteiger partial charge in [0, 0.05) is 38.7 Å². The number of rotatable bonds is 3. The molecule has 1 aliphatic heterocycles. The van der Waals surface area contributed by atoms with Gasteiger partial charge in [-0.3, -0.25) is 19.3 Å². The van der Waals surface area contributed by atoms with E-state index in [1.807, 2.05) is 21.8 Å². The predicted octanol–water partition coefficient (Wildman–Crippen LogP) is 1.12. The minimum Gasteiger partial charge on any atom is -0.354 e. The van der Waals surface area contributed by atoms with E-state index in [0.29, 0.717) is 17.8 Å². The molecule has 7 nitrogen and oxygen atoms in total. The van der Waals surface area contributed by atoms with Crippen molar-refractivity contribution in [1.29, 1.82) is 0 Å². The number of hydrogen-bond donors (Lipinski definition) is 1. The fraction of sp³-hybridized carbons (Fsp3) is 0.375. The number of piperidine rings is 1. The molecule has 1 N–H and O–H groups in total. The quantitative estimate of drug-likeness (QED) is 0.920. The van der Waals surface area contributed by atoms with Gasteiger partial charge in [-0.15, -0.1) is 0 Å². The van der Waals surface area contributed by atoms with E-state index >= 15 is 0 Å². The Morgan fingerprint density at radius 3 is 2.87 bits per heavy atom. The molecule has 120 valence electrons. The SMILES string of the molecule is CNC(=O)c1ccc(C(=O)N2CCCC(n3cccn3)C2)cn1. The van der Waals surface area contributed by atoms with Crippen LogP contribution in [0, 0.1) is 0 Å². The van der Waals surface area contributed by atoms with Gasteiger partial charge < -0.3 is 10.2 Å². The van der Waals surface area contributed by atoms with Crippen LogP contribution in [-0.2, 0) is 0 Å². The van der Waals surface area contributed by atoms with Crippen LogP contribution in [0.4, 0.5) is 0 Å². The van der Waals surface area contributed by atoms with E-state index in [-0.39, 0.29) is 17.9 Å². The lowest BCUT2D eigenvalue weighted by molar-refractivity contribution is 0.0672. The van der Waals surface area contributed by atoms with Crippen LogP contribution in [0.15, 0.2) is 36.8 Å². The highest BCUT2D eigenvalue weighted by molar-refractivity contribution is 5.96. The zero-order valence-corrected chi connectivity index (χ0v) is 13.0. The Morgan fingerprint density at radius 1 is 1.35 bits per heavy atom. The van der Waals surface area contributed by atoms with Crippen molar-refractivity contribution in [2.75, 3.05) is 20.1 Å². The number of likely N-dealkylation sites (tertiary alicyclic amines) is 1. The van der Waals surface area contributed by atoms with Gasteiger partial charge in [-0.2, -0.15) is 5.10 Å². The number of aromatic nitrogens is 3. The van der Waals surface area contributed by atoms with Gasteiger partial charge in [0.15, 0.2) is 0 Å². The van der Waals surface area contributed by atoms with Crippen molar-refractivity contribution in [3.05, 3.63) is 48.0 Å². The lowest BCUT2D eigenvalue weighted by Gasteiger charge is -2.32. The highest BCUT2D eigenvalue weighted by atomic mass is 16.2. The molecule has 2 aromatic rings. The first-order chi connectivity index (χ1) is 11.2. The summed E-state index contributed by atoms with van der Waals surface area (Å²) < 4.78 is 1.91. The van der Waals surface area contributed by atoms with Gasteiger partial charge >= 0.3 is 0 Å². The second kappa shape index (κ2) is 6.60. The topological polar surface area (TPSA) is 80.1 Å². The molecule has 1 atom stereocenters. The first-order valence-corrected chi connectivity index (χ1v) is 7.65. The number of nitrogens with zero attached hydrogens (tertiary/aromatic N) is 4. The third-order valence-electron chi connectivity index (χ3n) is 4.05. The minimum atomic E-state index is -0.263. The Bertz CT molecular complexity index is 681. The standard InChI is InChI=1S/C16H19N5O2/c1-17-15(22)14-6-5-12(10-18-14)16(23)20-8-2-4-13(11-20)21-9-3-7-19-21/h3,5-7,9-10,13H,2,4,8,11H2,1H3,(H,17,22). The molecule has 1 aliphatic rings. The molecule has 0 radical (unpaired) electrons. The van der Waals surface area contributed by atoms with Crippen LogP contribution in [0.2, 0.25) is 0 Å². The highest BCUT2D eigenvalue weighted by Crippen LogP contribution is 2.22. The van der Waals surface area contributed by atoms with Crippen molar-refractivity contribution in [2.45, 2.75) is 18.9 Å². The Kier molecular flexibility index (Phi) is 4.36. The van der Waals surface area contributed by atoms with Crippen LogP contribution >= 0.6 is 0 Å². The molecule has 23 heavy (non-hydrogen) atoms. The second-order valence-corrected chi connectivity index (χ2v) is 5.54. The first-order valence-electron chi connectivity index (χ1n) is 7.65. The summed E-state index contributed by atoms with van der Waals surface area (Å²) in [5.41, 5.74) is 0.802. The second-order valence-electron chi connectivity index (χ2n) is 5.54. The maximum absolute atomic E-state index is 12.6. The van der Waals surface area contributed by atoms with Crippen molar-refractivity contribution < 1.29 is 9.59 Å². The normalized spacial score (nSPS) is 17.8. The van der Waals surface area contributed by atoms with Crippen LogP contribution in [-0.4, -0.2) is 51.6 Å². The molecule has 0 spiro atoms. The number of amides is 2. The maximum atomic E-state index is 12.6. The molecule has 2 aromatic heterocycles. The summed E-state index contributed by atoms with van der Waals surface area (Å²) in [6, 6.07) is 5.32. The predicted molar refractivity (Wildman–Crippen MR) is 84.0 cm³/mol. The van der Waals surface area contributed by atoms with Gasteiger partial charge in [-0.05, 0) is 31.0 Å². The van der Waals surface area contributed by atoms with Crippen LogP contribution in [0.3, 0.4) is 0 Å². The monoisotopic (exact) mass is 313 g/mol. The Hall–Kier alpha value is -2.70. The Balaban J connectivity index is 1.71. The van der Waals surface area contributed by atoms with E-state index in [0.717, 1.165) is 19.4 Å². The molecule has 2 amide bonds. The number of carbonyl (C=O) groups excluding carboxylic acids is 2. The van der Waals surface area contributed by atoms with Gasteiger partial charge in [0.05, 0.1) is 11.6 Å². The van der Waals surface area contributed by atoms with Crippen molar-refractivity contribution in [2.24, 2.45) is 0 Å². The first kappa shape index (κ1) is 15.2. The van der Waals surface area contributed by atoms with Gasteiger partial charge in [-0.1, -0.05) is 0 Å². The maximum Gasteiger partial charge on any atom is 0.269 e. The van der Waals surface area contributed by atoms with E-state index < -0.39 is 0 Å². The van der Waals surface area contributed by atoms with Crippen LogP contribution in [0.1, 0.15) is 39.7 Å². The fourth-order valence-corrected chi connectivity index (χ4v) is 2.82. The number of carbonyl (C=O) groups is 2. The largest absolute Gasteiger partial charge is 0.354 e. The lowest BCUT2D eigenvalue weighted by atomic mass is 10.0. The molecule has 0 aromatic carbocycles. The molecule has 7 heteroatoms. The van der Waals surface area contributed by atoms with Gasteiger partial charge in [0.2, 0.25) is 0 Å². The summed E-state index contributed by atoms with van der Waals surface area (Å²) in [7, 11) is 1.55. The molecule has 0 aliphatic carbocycles. The average molecular weight is 313 g/mol. The minimum absolute atomic E-state index is 0.0576. The number of hydrogen-bond acceptors (Lipinski definition) is 4. The number of nitrogens with one attached hydrogen (secondary N) is 1. The van der Waals surface area contributed by atoms with Gasteiger partial charge in [-0.25, -0.2) is 0 Å². The molecule has 0 saturated carbocycles. The van der Waals surface area contributed by atoms with E-state index in [4.69, 9.17) is 0 Å². The van der Waals surface area contributed by atoms with Gasteiger partial charge in [0.25, 0.3) is 11.8 Å². The summed E-state index contributed by atoms with van der Waals surface area (Å²) in [4.78, 5) is 30.0. The third kappa shape index (κ3) is 3.23.